The van der Waals surface area contributed by atoms with Crippen LogP contribution in [0.15, 0.2) is 18.2 Å². The van der Waals surface area contributed by atoms with Crippen LogP contribution in [0.5, 0.6) is 5.75 Å². The average molecular weight is 254 g/mol. The van der Waals surface area contributed by atoms with Gasteiger partial charge in [-0.15, -0.1) is 0 Å². The first kappa shape index (κ1) is 12.7. The molecule has 94 valence electrons. The summed E-state index contributed by atoms with van der Waals surface area (Å²) in [7, 11) is 0. The first-order chi connectivity index (χ1) is 8.22. The van der Waals surface area contributed by atoms with E-state index < -0.39 is 0 Å². The topological polar surface area (TPSA) is 21.3 Å². The zero-order valence-corrected chi connectivity index (χ0v) is 11.3. The fourth-order valence-corrected chi connectivity index (χ4v) is 2.46. The van der Waals surface area contributed by atoms with Gasteiger partial charge in [0, 0.05) is 11.1 Å². The first-order valence-corrected chi connectivity index (χ1v) is 6.79. The van der Waals surface area contributed by atoms with E-state index in [0.717, 1.165) is 42.1 Å². The lowest BCUT2D eigenvalue weighted by atomic mass is 9.89. The molecule has 0 spiro atoms. The number of nitrogens with one attached hydrogen (secondary N) is 1. The summed E-state index contributed by atoms with van der Waals surface area (Å²) in [4.78, 5) is 0. The Bertz CT molecular complexity index is 374. The predicted octanol–water partition coefficient (Wildman–Crippen LogP) is 3.42. The van der Waals surface area contributed by atoms with E-state index in [9.17, 15) is 0 Å². The number of benzene rings is 1. The molecule has 1 aromatic rings. The van der Waals surface area contributed by atoms with Crippen LogP contribution in [0, 0.1) is 0 Å². The minimum absolute atomic E-state index is 0.366. The molecular weight excluding hydrogens is 234 g/mol. The van der Waals surface area contributed by atoms with Gasteiger partial charge in [0.25, 0.3) is 0 Å². The molecule has 17 heavy (non-hydrogen) atoms. The summed E-state index contributed by atoms with van der Waals surface area (Å²) >= 11 is 6.08. The van der Waals surface area contributed by atoms with Crippen LogP contribution in [-0.4, -0.2) is 18.7 Å². The molecule has 1 aromatic carbocycles. The van der Waals surface area contributed by atoms with Crippen LogP contribution in [0.2, 0.25) is 5.02 Å². The SMILES string of the molecule is CCNC1CC(Oc2ccc(Cl)c(CC)c2)C1. The van der Waals surface area contributed by atoms with E-state index in [1.54, 1.807) is 0 Å². The second-order valence-electron chi connectivity index (χ2n) is 4.57. The minimum atomic E-state index is 0.366. The molecule has 2 nitrogen and oxygen atoms in total. The van der Waals surface area contributed by atoms with Gasteiger partial charge >= 0.3 is 0 Å². The Balaban J connectivity index is 1.88. The van der Waals surface area contributed by atoms with Gasteiger partial charge in [-0.1, -0.05) is 25.4 Å². The lowest BCUT2D eigenvalue weighted by Gasteiger charge is -2.35. The Hall–Kier alpha value is -0.730. The second-order valence-corrected chi connectivity index (χ2v) is 4.98. The standard InChI is InChI=1S/C14H20ClNO/c1-3-10-7-12(5-6-14(10)15)17-13-8-11(9-13)16-4-2/h5-7,11,13,16H,3-4,8-9H2,1-2H3. The Kier molecular flexibility index (Phi) is 4.30. The molecule has 0 atom stereocenters. The smallest absolute Gasteiger partial charge is 0.120 e. The molecule has 0 saturated heterocycles. The van der Waals surface area contributed by atoms with Gasteiger partial charge < -0.3 is 10.1 Å². The molecule has 1 aliphatic rings. The van der Waals surface area contributed by atoms with E-state index in [4.69, 9.17) is 16.3 Å². The van der Waals surface area contributed by atoms with Gasteiger partial charge in [0.15, 0.2) is 0 Å². The molecule has 0 aromatic heterocycles. The van der Waals surface area contributed by atoms with Crippen molar-refractivity contribution in [2.45, 2.75) is 45.3 Å². The van der Waals surface area contributed by atoms with Gasteiger partial charge in [0.05, 0.1) is 0 Å². The van der Waals surface area contributed by atoms with Crippen molar-refractivity contribution < 1.29 is 4.74 Å². The highest BCUT2D eigenvalue weighted by molar-refractivity contribution is 6.31. The molecule has 0 radical (unpaired) electrons. The van der Waals surface area contributed by atoms with Crippen LogP contribution in [-0.2, 0) is 6.42 Å². The number of ether oxygens (including phenoxy) is 1. The Labute approximate surface area is 108 Å². The van der Waals surface area contributed by atoms with Gasteiger partial charge in [0.1, 0.15) is 11.9 Å². The minimum Gasteiger partial charge on any atom is -0.490 e. The van der Waals surface area contributed by atoms with Crippen molar-refractivity contribution in [2.75, 3.05) is 6.54 Å². The molecule has 0 heterocycles. The molecule has 0 bridgehead atoms. The van der Waals surface area contributed by atoms with Gasteiger partial charge in [0.2, 0.25) is 0 Å². The van der Waals surface area contributed by atoms with E-state index >= 15 is 0 Å². The lowest BCUT2D eigenvalue weighted by Crippen LogP contribution is -2.46. The molecule has 1 saturated carbocycles. The highest BCUT2D eigenvalue weighted by Gasteiger charge is 2.29. The van der Waals surface area contributed by atoms with E-state index in [1.165, 1.54) is 0 Å². The van der Waals surface area contributed by atoms with Crippen molar-refractivity contribution in [1.82, 2.24) is 5.32 Å². The van der Waals surface area contributed by atoms with Crippen molar-refractivity contribution >= 4 is 11.6 Å². The summed E-state index contributed by atoms with van der Waals surface area (Å²) in [5, 5.41) is 4.26. The number of aryl methyl sites for hydroxylation is 1. The predicted molar refractivity (Wildman–Crippen MR) is 71.9 cm³/mol. The quantitative estimate of drug-likeness (QED) is 0.868. The number of rotatable bonds is 5. The maximum absolute atomic E-state index is 6.08. The highest BCUT2D eigenvalue weighted by atomic mass is 35.5. The van der Waals surface area contributed by atoms with Crippen molar-refractivity contribution in [3.8, 4) is 5.75 Å². The summed E-state index contributed by atoms with van der Waals surface area (Å²) in [5.41, 5.74) is 1.16. The average Bonchev–Trinajstić information content (AvgIpc) is 2.28. The van der Waals surface area contributed by atoms with E-state index in [0.29, 0.717) is 12.1 Å². The highest BCUT2D eigenvalue weighted by Crippen LogP contribution is 2.28. The maximum atomic E-state index is 6.08. The van der Waals surface area contributed by atoms with Gasteiger partial charge in [-0.2, -0.15) is 0 Å². The van der Waals surface area contributed by atoms with Crippen molar-refractivity contribution in [1.29, 1.82) is 0 Å². The van der Waals surface area contributed by atoms with Crippen LogP contribution >= 0.6 is 11.6 Å². The Morgan fingerprint density at radius 3 is 2.76 bits per heavy atom. The third-order valence-electron chi connectivity index (χ3n) is 3.29. The van der Waals surface area contributed by atoms with Crippen LogP contribution in [0.1, 0.15) is 32.3 Å². The monoisotopic (exact) mass is 253 g/mol. The van der Waals surface area contributed by atoms with Crippen LogP contribution in [0.3, 0.4) is 0 Å². The molecule has 0 amide bonds. The second kappa shape index (κ2) is 5.74. The maximum Gasteiger partial charge on any atom is 0.120 e. The number of halogens is 1. The van der Waals surface area contributed by atoms with Gasteiger partial charge in [-0.05, 0) is 49.6 Å². The molecule has 1 N–H and O–H groups in total. The molecule has 1 aliphatic carbocycles. The van der Waals surface area contributed by atoms with Crippen molar-refractivity contribution in [3.63, 3.8) is 0 Å². The number of hydrogen-bond donors (Lipinski definition) is 1. The molecule has 0 unspecified atom stereocenters. The number of hydrogen-bond acceptors (Lipinski definition) is 2. The summed E-state index contributed by atoms with van der Waals surface area (Å²) in [6.45, 7) is 5.29. The van der Waals surface area contributed by atoms with Gasteiger partial charge in [-0.3, -0.25) is 0 Å². The Morgan fingerprint density at radius 1 is 1.35 bits per heavy atom. The molecule has 0 aliphatic heterocycles. The van der Waals surface area contributed by atoms with E-state index in [-0.39, 0.29) is 0 Å². The molecule has 3 heteroatoms. The molecular formula is C14H20ClNO. The Morgan fingerprint density at radius 2 is 2.12 bits per heavy atom. The summed E-state index contributed by atoms with van der Waals surface area (Å²) < 4.78 is 5.93. The zero-order valence-electron chi connectivity index (χ0n) is 10.5. The fourth-order valence-electron chi connectivity index (χ4n) is 2.21. The summed E-state index contributed by atoms with van der Waals surface area (Å²) in [5.74, 6) is 0.950. The van der Waals surface area contributed by atoms with Crippen LogP contribution < -0.4 is 10.1 Å². The molecule has 1 fully saturated rings. The van der Waals surface area contributed by atoms with Crippen molar-refractivity contribution in [2.24, 2.45) is 0 Å². The van der Waals surface area contributed by atoms with Crippen LogP contribution in [0.25, 0.3) is 0 Å². The van der Waals surface area contributed by atoms with E-state index in [2.05, 4.69) is 25.2 Å². The summed E-state index contributed by atoms with van der Waals surface area (Å²) in [6, 6.07) is 6.59. The van der Waals surface area contributed by atoms with Crippen molar-refractivity contribution in [3.05, 3.63) is 28.8 Å². The first-order valence-electron chi connectivity index (χ1n) is 6.41. The third kappa shape index (κ3) is 3.14. The largest absolute Gasteiger partial charge is 0.490 e. The van der Waals surface area contributed by atoms with Gasteiger partial charge in [-0.25, -0.2) is 0 Å². The molecule has 2 rings (SSSR count). The lowest BCUT2D eigenvalue weighted by molar-refractivity contribution is 0.0859. The third-order valence-corrected chi connectivity index (χ3v) is 3.66. The fraction of sp³-hybridized carbons (Fsp3) is 0.571. The van der Waals surface area contributed by atoms with E-state index in [1.807, 2.05) is 12.1 Å². The summed E-state index contributed by atoms with van der Waals surface area (Å²) in [6.07, 6.45) is 3.53. The zero-order chi connectivity index (χ0) is 12.3. The normalized spacial score (nSPS) is 23.2. The van der Waals surface area contributed by atoms with Crippen LogP contribution in [0.4, 0.5) is 0 Å².